The molecule has 7 heteroatoms. The first-order valence-corrected chi connectivity index (χ1v) is 10.1. The van der Waals surface area contributed by atoms with Gasteiger partial charge in [-0.2, -0.15) is 0 Å². The Balaban J connectivity index is 2.07. The Bertz CT molecular complexity index is 693. The summed E-state index contributed by atoms with van der Waals surface area (Å²) in [4.78, 5) is 12.3. The fourth-order valence-electron chi connectivity index (χ4n) is 2.89. The molecule has 1 aromatic carbocycles. The van der Waals surface area contributed by atoms with Crippen LogP contribution < -0.4 is 10.0 Å². The molecule has 2 rings (SSSR count). The molecule has 0 spiro atoms. The van der Waals surface area contributed by atoms with Gasteiger partial charge >= 0.3 is 6.09 Å². The summed E-state index contributed by atoms with van der Waals surface area (Å²) in [5, 5.41) is 2.82. The van der Waals surface area contributed by atoms with Gasteiger partial charge in [0.25, 0.3) is 0 Å². The standard InChI is InChI=1S/C18H28N2O4S/c1-13-9-11-14(12-10-13)25(22,23)20-16-8-6-5-7-15(16)19-17(21)24-18(2,3)4/h9-12,15-16,20H,5-8H2,1-4H3,(H,19,21)/t15-,16-/m0/s1. The molecule has 1 aromatic rings. The molecule has 0 heterocycles. The first-order valence-electron chi connectivity index (χ1n) is 8.65. The average molecular weight is 368 g/mol. The van der Waals surface area contributed by atoms with Crippen molar-refractivity contribution < 1.29 is 17.9 Å². The largest absolute Gasteiger partial charge is 0.444 e. The number of ether oxygens (including phenoxy) is 1. The lowest BCUT2D eigenvalue weighted by Gasteiger charge is -2.33. The molecule has 0 bridgehead atoms. The van der Waals surface area contributed by atoms with Crippen molar-refractivity contribution in [2.24, 2.45) is 0 Å². The maximum atomic E-state index is 12.6. The molecule has 1 amide bonds. The van der Waals surface area contributed by atoms with E-state index in [1.165, 1.54) is 0 Å². The fourth-order valence-corrected chi connectivity index (χ4v) is 4.20. The summed E-state index contributed by atoms with van der Waals surface area (Å²) >= 11 is 0. The van der Waals surface area contributed by atoms with Gasteiger partial charge in [-0.15, -0.1) is 0 Å². The Morgan fingerprint density at radius 2 is 1.64 bits per heavy atom. The highest BCUT2D eigenvalue weighted by Gasteiger charge is 2.31. The van der Waals surface area contributed by atoms with Crippen LogP contribution >= 0.6 is 0 Å². The minimum absolute atomic E-state index is 0.236. The van der Waals surface area contributed by atoms with E-state index in [1.807, 2.05) is 6.92 Å². The van der Waals surface area contributed by atoms with Gasteiger partial charge in [0.1, 0.15) is 5.60 Å². The van der Waals surface area contributed by atoms with Gasteiger partial charge in [-0.3, -0.25) is 0 Å². The number of nitrogens with one attached hydrogen (secondary N) is 2. The third kappa shape index (κ3) is 6.01. The van der Waals surface area contributed by atoms with Crippen LogP contribution in [0.5, 0.6) is 0 Å². The average Bonchev–Trinajstić information content (AvgIpc) is 2.47. The number of alkyl carbamates (subject to hydrolysis) is 1. The molecule has 2 atom stereocenters. The summed E-state index contributed by atoms with van der Waals surface area (Å²) in [5.41, 5.74) is 0.413. The van der Waals surface area contributed by atoms with E-state index < -0.39 is 21.7 Å². The second-order valence-corrected chi connectivity index (χ2v) is 9.29. The maximum Gasteiger partial charge on any atom is 0.407 e. The number of carbonyl (C=O) groups excluding carboxylic acids is 1. The van der Waals surface area contributed by atoms with E-state index in [9.17, 15) is 13.2 Å². The predicted octanol–water partition coefficient (Wildman–Crippen LogP) is 3.11. The van der Waals surface area contributed by atoms with Crippen LogP contribution in [0.4, 0.5) is 4.79 Å². The van der Waals surface area contributed by atoms with Crippen LogP contribution in [0.1, 0.15) is 52.0 Å². The van der Waals surface area contributed by atoms with Gasteiger partial charge in [-0.25, -0.2) is 17.9 Å². The number of aryl methyl sites for hydroxylation is 1. The second kappa shape index (κ2) is 7.74. The SMILES string of the molecule is Cc1ccc(S(=O)(=O)N[C@H]2CCCC[C@@H]2NC(=O)OC(C)(C)C)cc1. The summed E-state index contributed by atoms with van der Waals surface area (Å²) < 4.78 is 33.3. The molecule has 0 radical (unpaired) electrons. The summed E-state index contributed by atoms with van der Waals surface area (Å²) in [7, 11) is -3.62. The first kappa shape index (κ1) is 19.7. The number of rotatable bonds is 4. The van der Waals surface area contributed by atoms with Crippen LogP contribution in [0.2, 0.25) is 0 Å². The van der Waals surface area contributed by atoms with Crippen LogP contribution in [-0.2, 0) is 14.8 Å². The van der Waals surface area contributed by atoms with Crippen LogP contribution in [0.15, 0.2) is 29.2 Å². The zero-order valence-electron chi connectivity index (χ0n) is 15.3. The van der Waals surface area contributed by atoms with Crippen molar-refractivity contribution in [2.75, 3.05) is 0 Å². The lowest BCUT2D eigenvalue weighted by Crippen LogP contribution is -2.53. The molecule has 1 aliphatic carbocycles. The molecule has 6 nitrogen and oxygen atoms in total. The van der Waals surface area contributed by atoms with E-state index in [1.54, 1.807) is 45.0 Å². The van der Waals surface area contributed by atoms with Crippen LogP contribution in [0.3, 0.4) is 0 Å². The van der Waals surface area contributed by atoms with E-state index in [-0.39, 0.29) is 17.0 Å². The molecule has 0 saturated heterocycles. The molecule has 1 fully saturated rings. The highest BCUT2D eigenvalue weighted by molar-refractivity contribution is 7.89. The van der Waals surface area contributed by atoms with Crippen molar-refractivity contribution in [3.8, 4) is 0 Å². The molecule has 0 unspecified atom stereocenters. The molecule has 0 aliphatic heterocycles. The van der Waals surface area contributed by atoms with Crippen molar-refractivity contribution in [1.82, 2.24) is 10.0 Å². The number of hydrogen-bond acceptors (Lipinski definition) is 4. The summed E-state index contributed by atoms with van der Waals surface area (Å²) in [6.07, 6.45) is 2.77. The van der Waals surface area contributed by atoms with E-state index in [2.05, 4.69) is 10.0 Å². The van der Waals surface area contributed by atoms with Crippen molar-refractivity contribution in [1.29, 1.82) is 0 Å². The molecule has 140 valence electrons. The third-order valence-corrected chi connectivity index (χ3v) is 5.61. The van der Waals surface area contributed by atoms with Crippen LogP contribution in [0.25, 0.3) is 0 Å². The van der Waals surface area contributed by atoms with Gasteiger partial charge < -0.3 is 10.1 Å². The van der Waals surface area contributed by atoms with E-state index in [0.29, 0.717) is 6.42 Å². The van der Waals surface area contributed by atoms with Crippen LogP contribution in [-0.4, -0.2) is 32.2 Å². The lowest BCUT2D eigenvalue weighted by atomic mass is 9.91. The van der Waals surface area contributed by atoms with Gasteiger partial charge in [0.15, 0.2) is 0 Å². The Morgan fingerprint density at radius 3 is 2.20 bits per heavy atom. The number of hydrogen-bond donors (Lipinski definition) is 2. The Kier molecular flexibility index (Phi) is 6.11. The van der Waals surface area contributed by atoms with Crippen LogP contribution in [0, 0.1) is 6.92 Å². The van der Waals surface area contributed by atoms with Crippen molar-refractivity contribution in [3.05, 3.63) is 29.8 Å². The van der Waals surface area contributed by atoms with Gasteiger partial charge in [-0.1, -0.05) is 30.5 Å². The third-order valence-electron chi connectivity index (χ3n) is 4.11. The highest BCUT2D eigenvalue weighted by Crippen LogP contribution is 2.21. The molecule has 1 saturated carbocycles. The molecule has 1 aliphatic rings. The predicted molar refractivity (Wildman–Crippen MR) is 96.9 cm³/mol. The number of sulfonamides is 1. The molecule has 25 heavy (non-hydrogen) atoms. The number of benzene rings is 1. The molecule has 2 N–H and O–H groups in total. The zero-order chi connectivity index (χ0) is 18.7. The van der Waals surface area contributed by atoms with E-state index in [0.717, 1.165) is 24.8 Å². The summed E-state index contributed by atoms with van der Waals surface area (Å²) in [5.74, 6) is 0. The summed E-state index contributed by atoms with van der Waals surface area (Å²) in [6, 6.07) is 6.11. The smallest absolute Gasteiger partial charge is 0.407 e. The lowest BCUT2D eigenvalue weighted by molar-refractivity contribution is 0.0483. The Morgan fingerprint density at radius 1 is 1.08 bits per heavy atom. The highest BCUT2D eigenvalue weighted by atomic mass is 32.2. The number of carbonyl (C=O) groups is 1. The minimum atomic E-state index is -3.62. The topological polar surface area (TPSA) is 84.5 Å². The molecular formula is C18H28N2O4S. The summed E-state index contributed by atoms with van der Waals surface area (Å²) in [6.45, 7) is 7.30. The van der Waals surface area contributed by atoms with Gasteiger partial charge in [-0.05, 0) is 52.7 Å². The minimum Gasteiger partial charge on any atom is -0.444 e. The van der Waals surface area contributed by atoms with Gasteiger partial charge in [0.05, 0.1) is 4.90 Å². The molecule has 0 aromatic heterocycles. The monoisotopic (exact) mass is 368 g/mol. The van der Waals surface area contributed by atoms with E-state index in [4.69, 9.17) is 4.74 Å². The van der Waals surface area contributed by atoms with Gasteiger partial charge in [0, 0.05) is 12.1 Å². The van der Waals surface area contributed by atoms with Crippen molar-refractivity contribution in [3.63, 3.8) is 0 Å². The Labute approximate surface area is 150 Å². The van der Waals surface area contributed by atoms with E-state index >= 15 is 0 Å². The quantitative estimate of drug-likeness (QED) is 0.855. The molecular weight excluding hydrogens is 340 g/mol. The first-order chi connectivity index (χ1) is 11.6. The zero-order valence-corrected chi connectivity index (χ0v) is 16.2. The number of amides is 1. The van der Waals surface area contributed by atoms with Gasteiger partial charge in [0.2, 0.25) is 10.0 Å². The maximum absolute atomic E-state index is 12.6. The fraction of sp³-hybridized carbons (Fsp3) is 0.611. The normalized spacial score (nSPS) is 21.6. The second-order valence-electron chi connectivity index (χ2n) is 7.58. The van der Waals surface area contributed by atoms with Crippen molar-refractivity contribution in [2.45, 2.75) is 76.0 Å². The van der Waals surface area contributed by atoms with Crippen molar-refractivity contribution >= 4 is 16.1 Å². The Hall–Kier alpha value is -1.60.